The van der Waals surface area contributed by atoms with E-state index >= 15 is 0 Å². The van der Waals surface area contributed by atoms with Crippen LogP contribution in [0.15, 0.2) is 36.6 Å². The van der Waals surface area contributed by atoms with Crippen LogP contribution in [-0.2, 0) is 14.4 Å². The zero-order valence-corrected chi connectivity index (χ0v) is 12.6. The lowest BCUT2D eigenvalue weighted by atomic mass is 10.1. The molecule has 0 aromatic heterocycles. The molecular weight excluding hydrogens is 266 g/mol. The molecular formula is C17H23NO3. The van der Waals surface area contributed by atoms with Gasteiger partial charge in [0, 0.05) is 24.7 Å². The van der Waals surface area contributed by atoms with Gasteiger partial charge in [-0.25, -0.2) is 0 Å². The summed E-state index contributed by atoms with van der Waals surface area (Å²) in [6.07, 6.45) is 11.3. The van der Waals surface area contributed by atoms with Crippen LogP contribution >= 0.6 is 0 Å². The Morgan fingerprint density at radius 1 is 1.10 bits per heavy atom. The van der Waals surface area contributed by atoms with Crippen LogP contribution in [0.1, 0.15) is 45.4 Å². The minimum Gasteiger partial charge on any atom is -0.309 e. The summed E-state index contributed by atoms with van der Waals surface area (Å²) in [5.41, 5.74) is 0.767. The lowest BCUT2D eigenvalue weighted by Crippen LogP contribution is -2.24. The van der Waals surface area contributed by atoms with Gasteiger partial charge in [-0.2, -0.15) is 0 Å². The summed E-state index contributed by atoms with van der Waals surface area (Å²) >= 11 is 0. The number of ketones is 2. The van der Waals surface area contributed by atoms with Crippen molar-refractivity contribution in [2.45, 2.75) is 45.4 Å². The molecule has 0 aliphatic carbocycles. The van der Waals surface area contributed by atoms with Gasteiger partial charge in [-0.1, -0.05) is 25.8 Å². The second-order valence-corrected chi connectivity index (χ2v) is 5.24. The summed E-state index contributed by atoms with van der Waals surface area (Å²) in [6, 6.07) is 0. The SMILES string of the molecule is C=C1C=CC(=O)N1CCCCCCCC(=O)/C=C\C(C)=O. The summed E-state index contributed by atoms with van der Waals surface area (Å²) in [5.74, 6) is -0.0750. The number of nitrogens with zero attached hydrogens (tertiary/aromatic N) is 1. The van der Waals surface area contributed by atoms with Crippen LogP contribution in [0.5, 0.6) is 0 Å². The van der Waals surface area contributed by atoms with E-state index < -0.39 is 0 Å². The monoisotopic (exact) mass is 289 g/mol. The molecule has 0 unspecified atom stereocenters. The molecule has 0 spiro atoms. The number of unbranched alkanes of at least 4 members (excludes halogenated alkanes) is 4. The molecule has 1 amide bonds. The highest BCUT2D eigenvalue weighted by Crippen LogP contribution is 2.14. The van der Waals surface area contributed by atoms with E-state index in [4.69, 9.17) is 0 Å². The average Bonchev–Trinajstić information content (AvgIpc) is 2.75. The average molecular weight is 289 g/mol. The van der Waals surface area contributed by atoms with Crippen LogP contribution in [0, 0.1) is 0 Å². The molecule has 4 heteroatoms. The first kappa shape index (κ1) is 17.1. The lowest BCUT2D eigenvalue weighted by Gasteiger charge is -2.16. The minimum absolute atomic E-state index is 0.00948. The molecule has 0 aromatic carbocycles. The molecule has 0 saturated carbocycles. The van der Waals surface area contributed by atoms with E-state index in [-0.39, 0.29) is 17.5 Å². The highest BCUT2D eigenvalue weighted by atomic mass is 16.2. The smallest absolute Gasteiger partial charge is 0.251 e. The van der Waals surface area contributed by atoms with Crippen molar-refractivity contribution in [1.29, 1.82) is 0 Å². The predicted molar refractivity (Wildman–Crippen MR) is 82.5 cm³/mol. The number of hydrogen-bond acceptors (Lipinski definition) is 3. The molecule has 21 heavy (non-hydrogen) atoms. The van der Waals surface area contributed by atoms with E-state index in [9.17, 15) is 14.4 Å². The molecule has 0 atom stereocenters. The van der Waals surface area contributed by atoms with E-state index in [1.807, 2.05) is 0 Å². The van der Waals surface area contributed by atoms with Crippen molar-refractivity contribution in [2.24, 2.45) is 0 Å². The van der Waals surface area contributed by atoms with Gasteiger partial charge in [0.2, 0.25) is 0 Å². The van der Waals surface area contributed by atoms with Gasteiger partial charge in [0.05, 0.1) is 0 Å². The molecule has 1 heterocycles. The fourth-order valence-electron chi connectivity index (χ4n) is 2.14. The number of carbonyl (C=O) groups is 3. The van der Waals surface area contributed by atoms with Crippen molar-refractivity contribution in [3.63, 3.8) is 0 Å². The Hall–Kier alpha value is -1.97. The van der Waals surface area contributed by atoms with E-state index in [0.29, 0.717) is 13.0 Å². The Morgan fingerprint density at radius 3 is 2.38 bits per heavy atom. The van der Waals surface area contributed by atoms with Crippen LogP contribution in [0.2, 0.25) is 0 Å². The molecule has 0 saturated heterocycles. The number of rotatable bonds is 10. The van der Waals surface area contributed by atoms with Crippen molar-refractivity contribution in [1.82, 2.24) is 4.90 Å². The Bertz CT molecular complexity index is 456. The maximum atomic E-state index is 11.4. The van der Waals surface area contributed by atoms with Crippen LogP contribution in [0.3, 0.4) is 0 Å². The largest absolute Gasteiger partial charge is 0.309 e. The van der Waals surface area contributed by atoms with Crippen molar-refractivity contribution in [2.75, 3.05) is 6.54 Å². The number of amides is 1. The van der Waals surface area contributed by atoms with Gasteiger partial charge in [-0.15, -0.1) is 0 Å². The zero-order valence-electron chi connectivity index (χ0n) is 12.6. The quantitative estimate of drug-likeness (QED) is 0.459. The third kappa shape index (κ3) is 6.84. The van der Waals surface area contributed by atoms with E-state index in [1.165, 1.54) is 19.1 Å². The van der Waals surface area contributed by atoms with E-state index in [0.717, 1.165) is 37.8 Å². The van der Waals surface area contributed by atoms with Gasteiger partial charge < -0.3 is 4.90 Å². The van der Waals surface area contributed by atoms with Gasteiger partial charge in [0.1, 0.15) is 0 Å². The molecule has 1 aliphatic rings. The molecule has 0 N–H and O–H groups in total. The molecule has 0 fully saturated rings. The predicted octanol–water partition coefficient (Wildman–Crippen LogP) is 2.95. The summed E-state index contributed by atoms with van der Waals surface area (Å²) in [6.45, 7) is 5.96. The zero-order chi connectivity index (χ0) is 15.7. The van der Waals surface area contributed by atoms with Crippen molar-refractivity contribution in [3.8, 4) is 0 Å². The Labute approximate surface area is 126 Å². The number of allylic oxidation sites excluding steroid dienone is 3. The van der Waals surface area contributed by atoms with Gasteiger partial charge in [-0.3, -0.25) is 14.4 Å². The summed E-state index contributed by atoms with van der Waals surface area (Å²) in [5, 5.41) is 0. The molecule has 0 aromatic rings. The molecule has 1 aliphatic heterocycles. The van der Waals surface area contributed by atoms with Crippen LogP contribution in [-0.4, -0.2) is 28.9 Å². The topological polar surface area (TPSA) is 54.5 Å². The molecule has 4 nitrogen and oxygen atoms in total. The number of hydrogen-bond donors (Lipinski definition) is 0. The first-order valence-corrected chi connectivity index (χ1v) is 7.40. The Morgan fingerprint density at radius 2 is 1.76 bits per heavy atom. The summed E-state index contributed by atoms with van der Waals surface area (Å²) in [4.78, 5) is 35.2. The third-order valence-corrected chi connectivity index (χ3v) is 3.34. The minimum atomic E-state index is -0.101. The normalized spacial score (nSPS) is 14.4. The second-order valence-electron chi connectivity index (χ2n) is 5.24. The van der Waals surface area contributed by atoms with Gasteiger partial charge in [0.15, 0.2) is 11.6 Å². The standard InChI is InChI=1S/C17H23NO3/c1-14-9-12-17(21)18(14)13-7-5-3-4-6-8-16(20)11-10-15(2)19/h9-12H,1,3-8,13H2,2H3/b11-10-. The highest BCUT2D eigenvalue weighted by Gasteiger charge is 2.17. The first-order valence-electron chi connectivity index (χ1n) is 7.40. The first-order chi connectivity index (χ1) is 10.0. The number of carbonyl (C=O) groups excluding carboxylic acids is 3. The van der Waals surface area contributed by atoms with Gasteiger partial charge in [-0.05, 0) is 38.0 Å². The van der Waals surface area contributed by atoms with Crippen LogP contribution in [0.4, 0.5) is 0 Å². The maximum absolute atomic E-state index is 11.4. The van der Waals surface area contributed by atoms with Crippen LogP contribution < -0.4 is 0 Å². The Kier molecular flexibility index (Phi) is 7.37. The molecule has 0 bridgehead atoms. The summed E-state index contributed by atoms with van der Waals surface area (Å²) in [7, 11) is 0. The van der Waals surface area contributed by atoms with E-state index in [2.05, 4.69) is 6.58 Å². The fraction of sp³-hybridized carbons (Fsp3) is 0.471. The van der Waals surface area contributed by atoms with Crippen molar-refractivity contribution >= 4 is 17.5 Å². The second kappa shape index (κ2) is 9.06. The fourth-order valence-corrected chi connectivity index (χ4v) is 2.14. The Balaban J connectivity index is 2.00. The van der Waals surface area contributed by atoms with Gasteiger partial charge >= 0.3 is 0 Å². The maximum Gasteiger partial charge on any atom is 0.251 e. The third-order valence-electron chi connectivity index (χ3n) is 3.34. The van der Waals surface area contributed by atoms with Crippen molar-refractivity contribution in [3.05, 3.63) is 36.6 Å². The molecule has 1 rings (SSSR count). The van der Waals surface area contributed by atoms with Gasteiger partial charge in [0.25, 0.3) is 5.91 Å². The van der Waals surface area contributed by atoms with E-state index in [1.54, 1.807) is 17.1 Å². The van der Waals surface area contributed by atoms with Crippen LogP contribution in [0.25, 0.3) is 0 Å². The van der Waals surface area contributed by atoms with Crippen molar-refractivity contribution < 1.29 is 14.4 Å². The summed E-state index contributed by atoms with van der Waals surface area (Å²) < 4.78 is 0. The molecule has 0 radical (unpaired) electrons. The molecule has 114 valence electrons. The lowest BCUT2D eigenvalue weighted by molar-refractivity contribution is -0.123. The highest BCUT2D eigenvalue weighted by molar-refractivity contribution is 5.97.